The summed E-state index contributed by atoms with van der Waals surface area (Å²) in [4.78, 5) is 13.5. The normalized spacial score (nSPS) is 22.9. The van der Waals surface area contributed by atoms with Crippen molar-refractivity contribution in [2.75, 3.05) is 24.5 Å². The van der Waals surface area contributed by atoms with Crippen molar-refractivity contribution in [2.24, 2.45) is 0 Å². The second-order valence-corrected chi connectivity index (χ2v) is 5.09. The smallest absolute Gasteiger partial charge is 0.335 e. The number of aryl methyl sites for hydroxylation is 1. The summed E-state index contributed by atoms with van der Waals surface area (Å²) in [6.07, 6.45) is 3.31. The number of hydrogen-bond donors (Lipinski definition) is 2. The molecular formula is C14H18N2O2. The number of carbonyl (C=O) groups is 1. The highest BCUT2D eigenvalue weighted by atomic mass is 16.4. The van der Waals surface area contributed by atoms with Crippen LogP contribution in [0.15, 0.2) is 18.2 Å². The Labute approximate surface area is 107 Å². The molecule has 0 aliphatic carbocycles. The van der Waals surface area contributed by atoms with Gasteiger partial charge in [0.1, 0.15) is 0 Å². The summed E-state index contributed by atoms with van der Waals surface area (Å²) < 4.78 is 0. The molecule has 2 aliphatic heterocycles. The number of carboxylic acids is 1. The number of benzene rings is 1. The Hall–Kier alpha value is -1.55. The third kappa shape index (κ3) is 1.97. The van der Waals surface area contributed by atoms with Gasteiger partial charge in [-0.05, 0) is 43.0 Å². The van der Waals surface area contributed by atoms with Gasteiger partial charge in [-0.1, -0.05) is 0 Å². The minimum absolute atomic E-state index is 0.405. The highest BCUT2D eigenvalue weighted by molar-refractivity contribution is 5.88. The second kappa shape index (κ2) is 4.61. The van der Waals surface area contributed by atoms with Crippen LogP contribution in [0.4, 0.5) is 5.69 Å². The SMILES string of the molecule is O=C(O)c1ccc2c(c1)CCCC1CNCCN21. The van der Waals surface area contributed by atoms with Gasteiger partial charge in [0.25, 0.3) is 0 Å². The summed E-state index contributed by atoms with van der Waals surface area (Å²) in [6, 6.07) is 6.13. The van der Waals surface area contributed by atoms with Crippen molar-refractivity contribution >= 4 is 11.7 Å². The lowest BCUT2D eigenvalue weighted by Crippen LogP contribution is -2.51. The lowest BCUT2D eigenvalue weighted by molar-refractivity contribution is 0.0697. The van der Waals surface area contributed by atoms with E-state index >= 15 is 0 Å². The number of hydrogen-bond acceptors (Lipinski definition) is 3. The third-order valence-electron chi connectivity index (χ3n) is 3.97. The van der Waals surface area contributed by atoms with Crippen molar-refractivity contribution in [3.05, 3.63) is 29.3 Å². The van der Waals surface area contributed by atoms with Crippen LogP contribution in [0.3, 0.4) is 0 Å². The quantitative estimate of drug-likeness (QED) is 0.788. The summed E-state index contributed by atoms with van der Waals surface area (Å²) in [7, 11) is 0. The van der Waals surface area contributed by atoms with Crippen LogP contribution in [0.1, 0.15) is 28.8 Å². The van der Waals surface area contributed by atoms with Gasteiger partial charge in [-0.25, -0.2) is 4.79 Å². The zero-order chi connectivity index (χ0) is 12.5. The van der Waals surface area contributed by atoms with Crippen LogP contribution in [0.5, 0.6) is 0 Å². The number of piperazine rings is 1. The Morgan fingerprint density at radius 2 is 2.33 bits per heavy atom. The predicted octanol–water partition coefficient (Wildman–Crippen LogP) is 1.50. The van der Waals surface area contributed by atoms with Gasteiger partial charge < -0.3 is 15.3 Å². The summed E-state index contributed by atoms with van der Waals surface area (Å²) in [5.74, 6) is -0.834. The van der Waals surface area contributed by atoms with Crippen molar-refractivity contribution in [1.82, 2.24) is 5.32 Å². The first-order valence-corrected chi connectivity index (χ1v) is 6.59. The van der Waals surface area contributed by atoms with Crippen LogP contribution in [-0.4, -0.2) is 36.8 Å². The minimum atomic E-state index is -0.834. The summed E-state index contributed by atoms with van der Waals surface area (Å²) in [5, 5.41) is 12.5. The average Bonchev–Trinajstić information content (AvgIpc) is 2.57. The first-order chi connectivity index (χ1) is 8.75. The molecule has 1 aromatic rings. The average molecular weight is 246 g/mol. The predicted molar refractivity (Wildman–Crippen MR) is 70.3 cm³/mol. The van der Waals surface area contributed by atoms with E-state index < -0.39 is 5.97 Å². The number of aromatic carboxylic acids is 1. The van der Waals surface area contributed by atoms with E-state index in [2.05, 4.69) is 10.2 Å². The molecule has 0 bridgehead atoms. The van der Waals surface area contributed by atoms with Crippen LogP contribution in [0, 0.1) is 0 Å². The van der Waals surface area contributed by atoms with E-state index in [0.717, 1.165) is 32.5 Å². The fourth-order valence-electron chi connectivity index (χ4n) is 3.06. The number of carboxylic acid groups (broad SMARTS) is 1. The van der Waals surface area contributed by atoms with E-state index in [1.165, 1.54) is 17.7 Å². The highest BCUT2D eigenvalue weighted by Crippen LogP contribution is 2.31. The molecule has 0 radical (unpaired) electrons. The highest BCUT2D eigenvalue weighted by Gasteiger charge is 2.26. The fraction of sp³-hybridized carbons (Fsp3) is 0.500. The van der Waals surface area contributed by atoms with Gasteiger partial charge in [0, 0.05) is 31.4 Å². The molecule has 0 amide bonds. The lowest BCUT2D eigenvalue weighted by atomic mass is 10.0. The van der Waals surface area contributed by atoms with E-state index in [1.807, 2.05) is 12.1 Å². The fourth-order valence-corrected chi connectivity index (χ4v) is 3.06. The maximum atomic E-state index is 11.0. The van der Waals surface area contributed by atoms with Crippen LogP contribution in [0.2, 0.25) is 0 Å². The van der Waals surface area contributed by atoms with E-state index in [9.17, 15) is 4.79 Å². The van der Waals surface area contributed by atoms with Gasteiger partial charge in [-0.2, -0.15) is 0 Å². The van der Waals surface area contributed by atoms with Gasteiger partial charge in [-0.3, -0.25) is 0 Å². The Bertz CT molecular complexity index is 473. The molecule has 1 fully saturated rings. The maximum Gasteiger partial charge on any atom is 0.335 e. The number of nitrogens with zero attached hydrogens (tertiary/aromatic N) is 1. The topological polar surface area (TPSA) is 52.6 Å². The Balaban J connectivity index is 1.99. The van der Waals surface area contributed by atoms with Crippen LogP contribution in [-0.2, 0) is 6.42 Å². The molecule has 4 heteroatoms. The van der Waals surface area contributed by atoms with Crippen molar-refractivity contribution in [3.8, 4) is 0 Å². The van der Waals surface area contributed by atoms with Crippen LogP contribution in [0.25, 0.3) is 0 Å². The summed E-state index contributed by atoms with van der Waals surface area (Å²) in [5.41, 5.74) is 2.84. The van der Waals surface area contributed by atoms with Crippen molar-refractivity contribution in [2.45, 2.75) is 25.3 Å². The third-order valence-corrected chi connectivity index (χ3v) is 3.97. The van der Waals surface area contributed by atoms with Crippen molar-refractivity contribution in [1.29, 1.82) is 0 Å². The van der Waals surface area contributed by atoms with Crippen LogP contribution < -0.4 is 10.2 Å². The van der Waals surface area contributed by atoms with Gasteiger partial charge in [0.15, 0.2) is 0 Å². The zero-order valence-electron chi connectivity index (χ0n) is 10.4. The summed E-state index contributed by atoms with van der Waals surface area (Å²) in [6.45, 7) is 3.07. The monoisotopic (exact) mass is 246 g/mol. The minimum Gasteiger partial charge on any atom is -0.478 e. The lowest BCUT2D eigenvalue weighted by Gasteiger charge is -2.37. The summed E-state index contributed by atoms with van der Waals surface area (Å²) >= 11 is 0. The van der Waals surface area contributed by atoms with E-state index in [4.69, 9.17) is 5.11 Å². The molecular weight excluding hydrogens is 228 g/mol. The zero-order valence-corrected chi connectivity index (χ0v) is 10.4. The van der Waals surface area contributed by atoms with Gasteiger partial charge in [-0.15, -0.1) is 0 Å². The molecule has 0 aromatic heterocycles. The first kappa shape index (κ1) is 11.5. The van der Waals surface area contributed by atoms with E-state index in [1.54, 1.807) is 6.07 Å². The van der Waals surface area contributed by atoms with E-state index in [0.29, 0.717) is 11.6 Å². The molecule has 1 aromatic carbocycles. The Morgan fingerprint density at radius 1 is 1.44 bits per heavy atom. The number of anilines is 1. The number of nitrogens with one attached hydrogen (secondary N) is 1. The molecule has 96 valence electrons. The molecule has 1 unspecified atom stereocenters. The van der Waals surface area contributed by atoms with Gasteiger partial charge in [0.05, 0.1) is 5.56 Å². The molecule has 1 saturated heterocycles. The maximum absolute atomic E-state index is 11.0. The molecule has 0 spiro atoms. The molecule has 3 rings (SSSR count). The molecule has 1 atom stereocenters. The molecule has 2 heterocycles. The first-order valence-electron chi connectivity index (χ1n) is 6.59. The number of rotatable bonds is 1. The van der Waals surface area contributed by atoms with E-state index in [-0.39, 0.29) is 0 Å². The molecule has 18 heavy (non-hydrogen) atoms. The van der Waals surface area contributed by atoms with Crippen LogP contribution >= 0.6 is 0 Å². The Kier molecular flexibility index (Phi) is 2.96. The standard InChI is InChI=1S/C14H18N2O2/c17-14(18)11-4-5-13-10(8-11)2-1-3-12-9-15-6-7-16(12)13/h4-5,8,12,15H,1-3,6-7,9H2,(H,17,18). The largest absolute Gasteiger partial charge is 0.478 e. The molecule has 2 N–H and O–H groups in total. The van der Waals surface area contributed by atoms with Gasteiger partial charge in [0.2, 0.25) is 0 Å². The van der Waals surface area contributed by atoms with Crippen molar-refractivity contribution < 1.29 is 9.90 Å². The van der Waals surface area contributed by atoms with Gasteiger partial charge >= 0.3 is 5.97 Å². The Morgan fingerprint density at radius 3 is 3.17 bits per heavy atom. The molecule has 4 nitrogen and oxygen atoms in total. The van der Waals surface area contributed by atoms with Crippen molar-refractivity contribution in [3.63, 3.8) is 0 Å². The second-order valence-electron chi connectivity index (χ2n) is 5.09. The molecule has 2 aliphatic rings. The number of fused-ring (bicyclic) bond motifs is 3. The molecule has 0 saturated carbocycles.